The molecule has 9 aromatic rings. The second kappa shape index (κ2) is 12.4. The highest BCUT2D eigenvalue weighted by Crippen LogP contribution is 2.39. The lowest BCUT2D eigenvalue weighted by molar-refractivity contribution is 1.08. The summed E-state index contributed by atoms with van der Waals surface area (Å²) in [5.41, 5.74) is 9.96. The van der Waals surface area contributed by atoms with Gasteiger partial charge >= 0.3 is 0 Å². The van der Waals surface area contributed by atoms with E-state index in [0.717, 1.165) is 27.8 Å². The fraction of sp³-hybridized carbons (Fsp3) is 0. The van der Waals surface area contributed by atoms with Gasteiger partial charge in [-0.1, -0.05) is 164 Å². The molecule has 4 heteroatoms. The fourth-order valence-electron chi connectivity index (χ4n) is 6.42. The Morgan fingerprint density at radius 1 is 0.286 bits per heavy atom. The van der Waals surface area contributed by atoms with E-state index in [9.17, 15) is 0 Å². The maximum absolute atomic E-state index is 5.12. The van der Waals surface area contributed by atoms with Crippen molar-refractivity contribution in [2.45, 2.75) is 0 Å². The number of hydrogen-bond acceptors (Lipinski definition) is 4. The minimum absolute atomic E-state index is 0.649. The highest BCUT2D eigenvalue weighted by atomic mass is 32.1. The SMILES string of the molecule is c1ccc(-c2ccc(-c3ccc(-c4nc(-c5ccc(-c6ccccc6)cc5)nc(-c5cccc6c5sc5ccccc56)n4)cc3)cc2)cc1. The Morgan fingerprint density at radius 2 is 0.673 bits per heavy atom. The van der Waals surface area contributed by atoms with Gasteiger partial charge < -0.3 is 0 Å². The molecule has 0 fully saturated rings. The number of aromatic nitrogens is 3. The second-order valence-corrected chi connectivity index (χ2v) is 13.1. The standard InChI is InChI=1S/C45H29N3S/c1-3-10-30(11-4-1)32-18-20-34(21-19-32)35-24-28-37(29-25-35)44-46-43(36-26-22-33(23-27-36)31-12-5-2-6-13-31)47-45(48-44)40-16-9-15-39-38-14-7-8-17-41(38)49-42(39)40/h1-29H. The zero-order chi connectivity index (χ0) is 32.6. The van der Waals surface area contributed by atoms with E-state index in [1.165, 1.54) is 42.4 Å². The third kappa shape index (κ3) is 5.58. The van der Waals surface area contributed by atoms with Crippen molar-refractivity contribution in [1.82, 2.24) is 15.0 Å². The van der Waals surface area contributed by atoms with Crippen molar-refractivity contribution >= 4 is 31.5 Å². The molecule has 9 rings (SSSR count). The zero-order valence-electron chi connectivity index (χ0n) is 26.5. The number of nitrogens with zero attached hydrogens (tertiary/aromatic N) is 3. The molecule has 0 spiro atoms. The predicted molar refractivity (Wildman–Crippen MR) is 205 cm³/mol. The average Bonchev–Trinajstić information content (AvgIpc) is 3.58. The lowest BCUT2D eigenvalue weighted by Crippen LogP contribution is -2.00. The summed E-state index contributed by atoms with van der Waals surface area (Å²) in [7, 11) is 0. The molecule has 0 atom stereocenters. The second-order valence-electron chi connectivity index (χ2n) is 12.1. The van der Waals surface area contributed by atoms with Gasteiger partial charge in [-0.05, 0) is 45.5 Å². The maximum atomic E-state index is 5.12. The first kappa shape index (κ1) is 29.0. The van der Waals surface area contributed by atoms with Gasteiger partial charge in [0.2, 0.25) is 0 Å². The molecule has 0 amide bonds. The van der Waals surface area contributed by atoms with Crippen LogP contribution in [0.5, 0.6) is 0 Å². The van der Waals surface area contributed by atoms with Crippen LogP contribution < -0.4 is 0 Å². The molecule has 2 aromatic heterocycles. The molecule has 0 bridgehead atoms. The van der Waals surface area contributed by atoms with Crippen molar-refractivity contribution in [3.63, 3.8) is 0 Å². The van der Waals surface area contributed by atoms with E-state index in [2.05, 4.69) is 164 Å². The Hall–Kier alpha value is -6.23. The van der Waals surface area contributed by atoms with Crippen molar-refractivity contribution in [2.24, 2.45) is 0 Å². The van der Waals surface area contributed by atoms with Crippen LogP contribution in [0.2, 0.25) is 0 Å². The number of hydrogen-bond donors (Lipinski definition) is 0. The highest BCUT2D eigenvalue weighted by molar-refractivity contribution is 7.26. The Kier molecular flexibility index (Phi) is 7.34. The van der Waals surface area contributed by atoms with Crippen LogP contribution in [0.4, 0.5) is 0 Å². The largest absolute Gasteiger partial charge is 0.208 e. The Bertz CT molecular complexity index is 2560. The van der Waals surface area contributed by atoms with Gasteiger partial charge in [0.15, 0.2) is 17.5 Å². The molecule has 0 aliphatic rings. The van der Waals surface area contributed by atoms with Gasteiger partial charge in [0.25, 0.3) is 0 Å². The first-order chi connectivity index (χ1) is 24.3. The van der Waals surface area contributed by atoms with Crippen LogP contribution in [0.1, 0.15) is 0 Å². The van der Waals surface area contributed by atoms with Gasteiger partial charge in [-0.15, -0.1) is 11.3 Å². The molecule has 2 heterocycles. The molecule has 49 heavy (non-hydrogen) atoms. The normalized spacial score (nSPS) is 11.3. The summed E-state index contributed by atoms with van der Waals surface area (Å²) in [5, 5.41) is 2.47. The molecule has 0 N–H and O–H groups in total. The fourth-order valence-corrected chi connectivity index (χ4v) is 7.63. The number of benzene rings is 7. The van der Waals surface area contributed by atoms with Crippen LogP contribution in [0.3, 0.4) is 0 Å². The number of fused-ring (bicyclic) bond motifs is 3. The molecular weight excluding hydrogens is 615 g/mol. The summed E-state index contributed by atoms with van der Waals surface area (Å²) in [6.07, 6.45) is 0. The molecule has 0 aliphatic carbocycles. The van der Waals surface area contributed by atoms with Crippen molar-refractivity contribution in [1.29, 1.82) is 0 Å². The third-order valence-electron chi connectivity index (χ3n) is 9.00. The quantitative estimate of drug-likeness (QED) is 0.181. The van der Waals surface area contributed by atoms with Crippen LogP contribution in [0.25, 0.3) is 87.7 Å². The van der Waals surface area contributed by atoms with Crippen LogP contribution >= 0.6 is 11.3 Å². The molecule has 7 aromatic carbocycles. The van der Waals surface area contributed by atoms with Crippen molar-refractivity contribution in [3.05, 3.63) is 176 Å². The highest BCUT2D eigenvalue weighted by Gasteiger charge is 2.17. The summed E-state index contributed by atoms with van der Waals surface area (Å²) < 4.78 is 2.43. The molecular formula is C45H29N3S. The topological polar surface area (TPSA) is 38.7 Å². The smallest absolute Gasteiger partial charge is 0.165 e. The molecule has 0 aliphatic heterocycles. The Balaban J connectivity index is 1.13. The van der Waals surface area contributed by atoms with Gasteiger partial charge in [0.05, 0.1) is 0 Å². The van der Waals surface area contributed by atoms with E-state index in [1.54, 1.807) is 11.3 Å². The average molecular weight is 644 g/mol. The number of thiophene rings is 1. The lowest BCUT2D eigenvalue weighted by Gasteiger charge is -2.10. The first-order valence-corrected chi connectivity index (χ1v) is 17.2. The van der Waals surface area contributed by atoms with E-state index in [0.29, 0.717) is 17.5 Å². The molecule has 0 radical (unpaired) electrons. The number of rotatable bonds is 6. The Labute approximate surface area is 288 Å². The van der Waals surface area contributed by atoms with E-state index in [1.807, 2.05) is 12.1 Å². The summed E-state index contributed by atoms with van der Waals surface area (Å²) in [4.78, 5) is 15.3. The van der Waals surface area contributed by atoms with Crippen LogP contribution in [0, 0.1) is 0 Å². The minimum Gasteiger partial charge on any atom is -0.208 e. The van der Waals surface area contributed by atoms with E-state index >= 15 is 0 Å². The van der Waals surface area contributed by atoms with E-state index in [-0.39, 0.29) is 0 Å². The molecule has 0 saturated heterocycles. The van der Waals surface area contributed by atoms with Crippen molar-refractivity contribution in [3.8, 4) is 67.5 Å². The van der Waals surface area contributed by atoms with Crippen LogP contribution in [0.15, 0.2) is 176 Å². The van der Waals surface area contributed by atoms with E-state index in [4.69, 9.17) is 15.0 Å². The van der Waals surface area contributed by atoms with Gasteiger partial charge in [0, 0.05) is 36.9 Å². The van der Waals surface area contributed by atoms with Gasteiger partial charge in [-0.3, -0.25) is 0 Å². The van der Waals surface area contributed by atoms with Crippen LogP contribution in [-0.4, -0.2) is 15.0 Å². The third-order valence-corrected chi connectivity index (χ3v) is 10.2. The molecule has 0 unspecified atom stereocenters. The molecule has 230 valence electrons. The van der Waals surface area contributed by atoms with Crippen molar-refractivity contribution in [2.75, 3.05) is 0 Å². The van der Waals surface area contributed by atoms with Gasteiger partial charge in [-0.2, -0.15) is 0 Å². The van der Waals surface area contributed by atoms with Crippen molar-refractivity contribution < 1.29 is 0 Å². The lowest BCUT2D eigenvalue weighted by atomic mass is 9.99. The van der Waals surface area contributed by atoms with Gasteiger partial charge in [-0.25, -0.2) is 15.0 Å². The van der Waals surface area contributed by atoms with E-state index < -0.39 is 0 Å². The van der Waals surface area contributed by atoms with Gasteiger partial charge in [0.1, 0.15) is 0 Å². The summed E-state index contributed by atoms with van der Waals surface area (Å²) in [6.45, 7) is 0. The predicted octanol–water partition coefficient (Wildman–Crippen LogP) is 12.2. The monoisotopic (exact) mass is 643 g/mol. The maximum Gasteiger partial charge on any atom is 0.165 e. The van der Waals surface area contributed by atoms with Crippen LogP contribution in [-0.2, 0) is 0 Å². The minimum atomic E-state index is 0.649. The Morgan fingerprint density at radius 3 is 1.18 bits per heavy atom. The summed E-state index contributed by atoms with van der Waals surface area (Å²) in [6, 6.07) is 61.6. The molecule has 0 saturated carbocycles. The zero-order valence-corrected chi connectivity index (χ0v) is 27.3. The first-order valence-electron chi connectivity index (χ1n) is 16.4. The summed E-state index contributed by atoms with van der Waals surface area (Å²) >= 11 is 1.78. The summed E-state index contributed by atoms with van der Waals surface area (Å²) in [5.74, 6) is 1.97. The molecule has 3 nitrogen and oxygen atoms in total.